The number of hydrogen-bond donors (Lipinski definition) is 0. The van der Waals surface area contributed by atoms with Crippen LogP contribution in [0.3, 0.4) is 0 Å². The van der Waals surface area contributed by atoms with Gasteiger partial charge >= 0.3 is 0 Å². The molecule has 2 atom stereocenters. The molecular weight excluding hydrogens is 120 g/mol. The van der Waals surface area contributed by atoms with E-state index >= 15 is 0 Å². The van der Waals surface area contributed by atoms with Gasteiger partial charge in [-0.2, -0.15) is 0 Å². The second-order valence-electron chi connectivity index (χ2n) is 5.09. The molecule has 2 unspecified atom stereocenters. The lowest BCUT2D eigenvalue weighted by Gasteiger charge is -2.05. The highest BCUT2D eigenvalue weighted by atomic mass is 14.8. The molecule has 3 aliphatic carbocycles. The molecule has 0 amide bonds. The van der Waals surface area contributed by atoms with Crippen LogP contribution < -0.4 is 0 Å². The molecule has 2 spiro atoms. The van der Waals surface area contributed by atoms with E-state index in [2.05, 4.69) is 6.92 Å². The van der Waals surface area contributed by atoms with E-state index in [1.165, 1.54) is 6.42 Å². The molecule has 3 rings (SSSR count). The van der Waals surface area contributed by atoms with Crippen LogP contribution in [0.25, 0.3) is 0 Å². The lowest BCUT2D eigenvalue weighted by molar-refractivity contribution is 0.441. The van der Waals surface area contributed by atoms with Crippen molar-refractivity contribution in [2.75, 3.05) is 0 Å². The van der Waals surface area contributed by atoms with Gasteiger partial charge in [0.15, 0.2) is 0 Å². The summed E-state index contributed by atoms with van der Waals surface area (Å²) in [6, 6.07) is 0. The SMILES string of the molecule is CC1CCC2(C1)CC21CC1. The fraction of sp³-hybridized carbons (Fsp3) is 1.00. The van der Waals surface area contributed by atoms with Gasteiger partial charge < -0.3 is 0 Å². The van der Waals surface area contributed by atoms with E-state index in [4.69, 9.17) is 0 Å². The van der Waals surface area contributed by atoms with Crippen molar-refractivity contribution in [3.63, 3.8) is 0 Å². The first-order valence-electron chi connectivity index (χ1n) is 4.77. The Balaban J connectivity index is 1.84. The zero-order valence-corrected chi connectivity index (χ0v) is 6.82. The summed E-state index contributed by atoms with van der Waals surface area (Å²) in [6.45, 7) is 2.43. The molecule has 0 aromatic heterocycles. The minimum Gasteiger partial charge on any atom is -0.0625 e. The molecule has 0 nitrogen and oxygen atoms in total. The summed E-state index contributed by atoms with van der Waals surface area (Å²) in [6.07, 6.45) is 9.46. The van der Waals surface area contributed by atoms with Crippen LogP contribution in [0.15, 0.2) is 0 Å². The molecular formula is C10H16. The van der Waals surface area contributed by atoms with Crippen molar-refractivity contribution >= 4 is 0 Å². The zero-order chi connectivity index (χ0) is 6.82. The predicted octanol–water partition coefficient (Wildman–Crippen LogP) is 2.98. The summed E-state index contributed by atoms with van der Waals surface area (Å²) in [7, 11) is 0. The van der Waals surface area contributed by atoms with E-state index < -0.39 is 0 Å². The van der Waals surface area contributed by atoms with Crippen LogP contribution in [0.2, 0.25) is 0 Å². The summed E-state index contributed by atoms with van der Waals surface area (Å²) in [4.78, 5) is 0. The largest absolute Gasteiger partial charge is 0.0625 e. The molecule has 0 heteroatoms. The summed E-state index contributed by atoms with van der Waals surface area (Å²) in [5.41, 5.74) is 1.88. The smallest absolute Gasteiger partial charge is 0.0233 e. The Morgan fingerprint density at radius 3 is 2.30 bits per heavy atom. The van der Waals surface area contributed by atoms with Crippen LogP contribution in [-0.4, -0.2) is 0 Å². The Kier molecular flexibility index (Phi) is 0.735. The second kappa shape index (κ2) is 1.31. The highest BCUT2D eigenvalue weighted by molar-refractivity contribution is 5.23. The number of rotatable bonds is 0. The maximum absolute atomic E-state index is 2.43. The van der Waals surface area contributed by atoms with E-state index in [1.807, 2.05) is 0 Å². The minimum atomic E-state index is 0.923. The average molecular weight is 136 g/mol. The molecule has 0 heterocycles. The van der Waals surface area contributed by atoms with Gasteiger partial charge in [0.05, 0.1) is 0 Å². The fourth-order valence-electron chi connectivity index (χ4n) is 3.50. The van der Waals surface area contributed by atoms with Gasteiger partial charge in [-0.3, -0.25) is 0 Å². The maximum atomic E-state index is 2.43. The minimum absolute atomic E-state index is 0.923. The highest BCUT2D eigenvalue weighted by Crippen LogP contribution is 2.83. The third-order valence-electron chi connectivity index (χ3n) is 4.39. The Morgan fingerprint density at radius 2 is 1.90 bits per heavy atom. The van der Waals surface area contributed by atoms with Gasteiger partial charge in [0, 0.05) is 0 Å². The average Bonchev–Trinajstić information content (AvgIpc) is 2.71. The van der Waals surface area contributed by atoms with Gasteiger partial charge in [-0.1, -0.05) is 13.3 Å². The van der Waals surface area contributed by atoms with Crippen molar-refractivity contribution < 1.29 is 0 Å². The monoisotopic (exact) mass is 136 g/mol. The standard InChI is InChI=1S/C10H16/c1-8-2-3-10(6-8)7-9(10)4-5-9/h8H,2-7H2,1H3. The summed E-state index contributed by atoms with van der Waals surface area (Å²) in [5.74, 6) is 1.06. The Bertz CT molecular complexity index is 178. The molecule has 0 saturated heterocycles. The van der Waals surface area contributed by atoms with Gasteiger partial charge in [0.25, 0.3) is 0 Å². The van der Waals surface area contributed by atoms with Gasteiger partial charge in [-0.15, -0.1) is 0 Å². The molecule has 3 fully saturated rings. The van der Waals surface area contributed by atoms with Crippen molar-refractivity contribution in [2.45, 2.75) is 45.4 Å². The van der Waals surface area contributed by atoms with Crippen LogP contribution >= 0.6 is 0 Å². The van der Waals surface area contributed by atoms with Crippen molar-refractivity contribution in [1.82, 2.24) is 0 Å². The quantitative estimate of drug-likeness (QED) is 0.480. The van der Waals surface area contributed by atoms with Crippen molar-refractivity contribution in [2.24, 2.45) is 16.7 Å². The summed E-state index contributed by atoms with van der Waals surface area (Å²) >= 11 is 0. The van der Waals surface area contributed by atoms with Gasteiger partial charge in [-0.05, 0) is 48.9 Å². The normalized spacial score (nSPS) is 54.3. The third kappa shape index (κ3) is 0.466. The van der Waals surface area contributed by atoms with Gasteiger partial charge in [0.1, 0.15) is 0 Å². The molecule has 0 aromatic rings. The second-order valence-corrected chi connectivity index (χ2v) is 5.09. The van der Waals surface area contributed by atoms with E-state index in [1.54, 1.807) is 32.1 Å². The molecule has 10 heavy (non-hydrogen) atoms. The van der Waals surface area contributed by atoms with E-state index in [-0.39, 0.29) is 0 Å². The molecule has 0 aromatic carbocycles. The third-order valence-corrected chi connectivity index (χ3v) is 4.39. The van der Waals surface area contributed by atoms with Gasteiger partial charge in [0.2, 0.25) is 0 Å². The fourth-order valence-corrected chi connectivity index (χ4v) is 3.50. The summed E-state index contributed by atoms with van der Waals surface area (Å²) < 4.78 is 0. The number of hydrogen-bond acceptors (Lipinski definition) is 0. The van der Waals surface area contributed by atoms with Crippen molar-refractivity contribution in [3.05, 3.63) is 0 Å². The molecule has 0 N–H and O–H groups in total. The van der Waals surface area contributed by atoms with Crippen LogP contribution in [0, 0.1) is 16.7 Å². The molecule has 0 bridgehead atoms. The molecule has 56 valence electrons. The first kappa shape index (κ1) is 5.62. The Hall–Kier alpha value is 0. The van der Waals surface area contributed by atoms with Crippen LogP contribution in [0.1, 0.15) is 45.4 Å². The topological polar surface area (TPSA) is 0 Å². The van der Waals surface area contributed by atoms with Crippen LogP contribution in [0.4, 0.5) is 0 Å². The van der Waals surface area contributed by atoms with Crippen molar-refractivity contribution in [3.8, 4) is 0 Å². The molecule has 0 aliphatic heterocycles. The van der Waals surface area contributed by atoms with Crippen molar-refractivity contribution in [1.29, 1.82) is 0 Å². The first-order chi connectivity index (χ1) is 4.77. The molecule has 3 aliphatic rings. The van der Waals surface area contributed by atoms with E-state index in [0.29, 0.717) is 0 Å². The van der Waals surface area contributed by atoms with Crippen LogP contribution in [0.5, 0.6) is 0 Å². The number of fused-ring (bicyclic) bond motifs is 1. The maximum Gasteiger partial charge on any atom is -0.0233 e. The Labute approximate surface area is 63.0 Å². The van der Waals surface area contributed by atoms with E-state index in [9.17, 15) is 0 Å². The highest BCUT2D eigenvalue weighted by Gasteiger charge is 2.73. The Morgan fingerprint density at radius 1 is 1.10 bits per heavy atom. The van der Waals surface area contributed by atoms with Crippen LogP contribution in [-0.2, 0) is 0 Å². The first-order valence-corrected chi connectivity index (χ1v) is 4.77. The zero-order valence-electron chi connectivity index (χ0n) is 6.82. The predicted molar refractivity (Wildman–Crippen MR) is 41.7 cm³/mol. The lowest BCUT2D eigenvalue weighted by atomic mass is 9.99. The molecule has 0 radical (unpaired) electrons. The van der Waals surface area contributed by atoms with Gasteiger partial charge in [-0.25, -0.2) is 0 Å². The summed E-state index contributed by atoms with van der Waals surface area (Å²) in [5, 5.41) is 0. The molecule has 3 saturated carbocycles. The van der Waals surface area contributed by atoms with E-state index in [0.717, 1.165) is 16.7 Å². The lowest BCUT2D eigenvalue weighted by Crippen LogP contribution is -1.97.